The molecule has 3 heterocycles. The van der Waals surface area contributed by atoms with E-state index in [9.17, 15) is 24.0 Å². The summed E-state index contributed by atoms with van der Waals surface area (Å²) in [5, 5.41) is 11.0. The molecule has 1 aliphatic heterocycles. The number of thiazole rings is 2. The van der Waals surface area contributed by atoms with Crippen LogP contribution in [0.5, 0.6) is 0 Å². The Balaban J connectivity index is 1.51. The highest BCUT2D eigenvalue weighted by atomic mass is 32.1. The molecule has 15 heteroatoms. The van der Waals surface area contributed by atoms with Gasteiger partial charge in [-0.2, -0.15) is 0 Å². The SMILES string of the molecule is COC(=O)[C@@H](C)C[C@H](Cc1nc(C)cs1)NC(=O)c1csc([C@@H](C[C@H](C(C)C)N(C)C(=O)[C@@H](NC(=O)[C@H]2CCCCN2C)[C@@H](C)C2CC2)OC(C)=O)n1. The van der Waals surface area contributed by atoms with Crippen LogP contribution in [0.15, 0.2) is 10.8 Å². The van der Waals surface area contributed by atoms with Crippen LogP contribution in [-0.4, -0.2) is 101 Å². The van der Waals surface area contributed by atoms with E-state index in [1.165, 1.54) is 36.7 Å². The highest BCUT2D eigenvalue weighted by Crippen LogP contribution is 2.39. The van der Waals surface area contributed by atoms with Gasteiger partial charge in [0.05, 0.1) is 24.1 Å². The van der Waals surface area contributed by atoms with Crippen LogP contribution in [0.3, 0.4) is 0 Å². The number of nitrogens with one attached hydrogen (secondary N) is 2. The molecule has 2 aliphatic rings. The number of likely N-dealkylation sites (N-methyl/N-ethyl adjacent to an activating group) is 2. The van der Waals surface area contributed by atoms with Crippen molar-refractivity contribution in [2.75, 3.05) is 27.7 Å². The number of ether oxygens (including phenoxy) is 2. The third kappa shape index (κ3) is 11.8. The fourth-order valence-corrected chi connectivity index (χ4v) is 8.96. The Morgan fingerprint density at radius 3 is 2.30 bits per heavy atom. The van der Waals surface area contributed by atoms with E-state index in [1.54, 1.807) is 24.3 Å². The average Bonchev–Trinajstić information content (AvgIpc) is 3.70. The largest absolute Gasteiger partial charge is 0.469 e. The van der Waals surface area contributed by atoms with E-state index in [0.717, 1.165) is 49.4 Å². The lowest BCUT2D eigenvalue weighted by Gasteiger charge is -2.38. The minimum atomic E-state index is -0.820. The lowest BCUT2D eigenvalue weighted by Crippen LogP contribution is -2.58. The van der Waals surface area contributed by atoms with Crippen molar-refractivity contribution in [2.24, 2.45) is 23.7 Å². The van der Waals surface area contributed by atoms with Crippen LogP contribution >= 0.6 is 22.7 Å². The number of aromatic nitrogens is 2. The maximum atomic E-state index is 14.4. The van der Waals surface area contributed by atoms with Crippen molar-refractivity contribution in [3.8, 4) is 0 Å². The second kappa shape index (κ2) is 19.2. The van der Waals surface area contributed by atoms with E-state index in [0.29, 0.717) is 23.8 Å². The third-order valence-electron chi connectivity index (χ3n) is 10.6. The van der Waals surface area contributed by atoms with Crippen LogP contribution in [0.4, 0.5) is 0 Å². The molecule has 0 bridgehead atoms. The van der Waals surface area contributed by atoms with Gasteiger partial charge in [-0.3, -0.25) is 28.9 Å². The summed E-state index contributed by atoms with van der Waals surface area (Å²) in [7, 11) is 5.05. The van der Waals surface area contributed by atoms with E-state index >= 15 is 0 Å². The Morgan fingerprint density at radius 2 is 1.72 bits per heavy atom. The van der Waals surface area contributed by atoms with E-state index in [-0.39, 0.29) is 53.8 Å². The first-order chi connectivity index (χ1) is 25.1. The van der Waals surface area contributed by atoms with Gasteiger partial charge in [-0.1, -0.05) is 34.1 Å². The van der Waals surface area contributed by atoms with E-state index in [1.807, 2.05) is 40.1 Å². The Labute approximate surface area is 322 Å². The van der Waals surface area contributed by atoms with E-state index < -0.39 is 36.0 Å². The summed E-state index contributed by atoms with van der Waals surface area (Å²) in [5.41, 5.74) is 1.04. The van der Waals surface area contributed by atoms with Gasteiger partial charge in [-0.05, 0) is 70.4 Å². The van der Waals surface area contributed by atoms with Crippen LogP contribution in [0.25, 0.3) is 0 Å². The molecule has 0 unspecified atom stereocenters. The number of likely N-dealkylation sites (tertiary alicyclic amines) is 1. The molecule has 7 atom stereocenters. The molecule has 2 aromatic rings. The average molecular weight is 775 g/mol. The molecule has 294 valence electrons. The molecule has 1 saturated carbocycles. The molecular weight excluding hydrogens is 717 g/mol. The second-order valence-corrected chi connectivity index (χ2v) is 17.1. The molecule has 53 heavy (non-hydrogen) atoms. The van der Waals surface area contributed by atoms with Crippen molar-refractivity contribution in [2.45, 2.75) is 123 Å². The maximum absolute atomic E-state index is 14.4. The standard InChI is InChI=1S/C38H58N6O7S2/c1-21(2)30(44(8)37(48)33(24(5)26-13-14-26)42-35(47)29-12-10-11-15-43(29)7)18-31(51-25(6)45)36-41-28(20-53-36)34(46)40-27(16-22(3)38(49)50-9)17-32-39-23(4)19-52-32/h19-22,24,26-27,29-31,33H,10-18H2,1-9H3,(H,40,46)(H,42,47)/t22-,24-,27+,29+,30+,31+,33-/m0/s1. The molecule has 13 nitrogen and oxygen atoms in total. The summed E-state index contributed by atoms with van der Waals surface area (Å²) in [6, 6.07) is -1.72. The van der Waals surface area contributed by atoms with Crippen LogP contribution in [0.2, 0.25) is 0 Å². The zero-order valence-electron chi connectivity index (χ0n) is 32.7. The van der Waals surface area contributed by atoms with E-state index in [4.69, 9.17) is 9.47 Å². The molecule has 2 aromatic heterocycles. The van der Waals surface area contributed by atoms with Gasteiger partial charge in [-0.25, -0.2) is 9.97 Å². The zero-order chi connectivity index (χ0) is 39.0. The minimum absolute atomic E-state index is 0.0287. The number of hydrogen-bond acceptors (Lipinski definition) is 12. The first-order valence-electron chi connectivity index (χ1n) is 18.8. The van der Waals surface area contributed by atoms with E-state index in [2.05, 4.69) is 25.5 Å². The summed E-state index contributed by atoms with van der Waals surface area (Å²) in [5.74, 6) is -1.71. The summed E-state index contributed by atoms with van der Waals surface area (Å²) < 4.78 is 10.7. The number of nitrogens with zero attached hydrogens (tertiary/aromatic N) is 4. The molecule has 0 spiro atoms. The zero-order valence-corrected chi connectivity index (χ0v) is 34.3. The molecule has 4 rings (SSSR count). The van der Waals surface area contributed by atoms with Gasteiger partial charge in [0.15, 0.2) is 6.10 Å². The van der Waals surface area contributed by atoms with Crippen LogP contribution in [0, 0.1) is 30.6 Å². The fraction of sp³-hybridized carbons (Fsp3) is 0.711. The minimum Gasteiger partial charge on any atom is -0.469 e. The van der Waals surface area contributed by atoms with Crippen molar-refractivity contribution >= 4 is 52.3 Å². The van der Waals surface area contributed by atoms with Gasteiger partial charge in [0, 0.05) is 55.4 Å². The number of amides is 3. The van der Waals surface area contributed by atoms with Gasteiger partial charge in [0.25, 0.3) is 5.91 Å². The first kappa shape index (κ1) is 42.3. The number of piperidine rings is 1. The quantitative estimate of drug-likeness (QED) is 0.199. The number of carbonyl (C=O) groups is 5. The Morgan fingerprint density at radius 1 is 1.00 bits per heavy atom. The molecule has 2 N–H and O–H groups in total. The van der Waals surface area contributed by atoms with Crippen molar-refractivity contribution in [3.63, 3.8) is 0 Å². The van der Waals surface area contributed by atoms with Crippen LogP contribution in [-0.2, 0) is 35.1 Å². The Bertz CT molecular complexity index is 1570. The highest BCUT2D eigenvalue weighted by Gasteiger charge is 2.42. The predicted octanol–water partition coefficient (Wildman–Crippen LogP) is 4.94. The molecule has 3 amide bonds. The molecule has 2 fully saturated rings. The first-order valence-corrected chi connectivity index (χ1v) is 20.5. The fourth-order valence-electron chi connectivity index (χ4n) is 7.27. The van der Waals surface area contributed by atoms with Crippen molar-refractivity contribution in [1.82, 2.24) is 30.4 Å². The third-order valence-corrected chi connectivity index (χ3v) is 12.5. The summed E-state index contributed by atoms with van der Waals surface area (Å²) >= 11 is 2.70. The Kier molecular flexibility index (Phi) is 15.4. The summed E-state index contributed by atoms with van der Waals surface area (Å²) in [4.78, 5) is 79.1. The van der Waals surface area contributed by atoms with Gasteiger partial charge >= 0.3 is 11.9 Å². The number of hydrogen-bond donors (Lipinski definition) is 2. The highest BCUT2D eigenvalue weighted by molar-refractivity contribution is 7.10. The normalized spacial score (nSPS) is 19.7. The predicted molar refractivity (Wildman–Crippen MR) is 204 cm³/mol. The number of esters is 2. The van der Waals surface area contributed by atoms with Gasteiger partial charge < -0.3 is 25.0 Å². The van der Waals surface area contributed by atoms with Crippen molar-refractivity contribution in [3.05, 3.63) is 32.2 Å². The smallest absolute Gasteiger partial charge is 0.308 e. The van der Waals surface area contributed by atoms with Crippen LogP contribution in [0.1, 0.15) is 112 Å². The molecule has 1 aliphatic carbocycles. The number of rotatable bonds is 18. The number of aryl methyl sites for hydroxylation is 1. The molecule has 0 aromatic carbocycles. The lowest BCUT2D eigenvalue weighted by molar-refractivity contribution is -0.149. The van der Waals surface area contributed by atoms with Crippen molar-refractivity contribution < 1.29 is 33.4 Å². The molecular formula is C38H58N6O7S2. The molecule has 0 radical (unpaired) electrons. The van der Waals surface area contributed by atoms with Crippen molar-refractivity contribution in [1.29, 1.82) is 0 Å². The topological polar surface area (TPSA) is 160 Å². The number of carbonyl (C=O) groups excluding carboxylic acids is 5. The lowest BCUT2D eigenvalue weighted by atomic mass is 9.91. The summed E-state index contributed by atoms with van der Waals surface area (Å²) in [6.07, 6.45) is 5.08. The Hall–Kier alpha value is -3.43. The van der Waals surface area contributed by atoms with Crippen LogP contribution < -0.4 is 10.6 Å². The van der Waals surface area contributed by atoms with Gasteiger partial charge in [0.2, 0.25) is 11.8 Å². The maximum Gasteiger partial charge on any atom is 0.308 e. The number of methoxy groups -OCH3 is 1. The van der Waals surface area contributed by atoms with Gasteiger partial charge in [-0.15, -0.1) is 22.7 Å². The summed E-state index contributed by atoms with van der Waals surface area (Å²) in [6.45, 7) is 11.9. The molecule has 1 saturated heterocycles. The van der Waals surface area contributed by atoms with Gasteiger partial charge in [0.1, 0.15) is 16.7 Å². The monoisotopic (exact) mass is 774 g/mol. The second-order valence-electron chi connectivity index (χ2n) is 15.3.